The molecule has 0 aliphatic carbocycles. The first-order valence-corrected chi connectivity index (χ1v) is 5.87. The summed E-state index contributed by atoms with van der Waals surface area (Å²) in [4.78, 5) is 0. The van der Waals surface area contributed by atoms with Crippen LogP contribution in [0.3, 0.4) is 0 Å². The number of benzene rings is 1. The molecule has 0 saturated carbocycles. The Morgan fingerprint density at radius 1 is 1.57 bits per heavy atom. The van der Waals surface area contributed by atoms with Gasteiger partial charge in [0.2, 0.25) is 0 Å². The maximum Gasteiger partial charge on any atom is 0.145 e. The van der Waals surface area contributed by atoms with Crippen LogP contribution in [-0.2, 0) is 0 Å². The molecular weight excluding hydrogens is 309 g/mol. The molecule has 4 heteroatoms. The van der Waals surface area contributed by atoms with E-state index in [0.717, 1.165) is 8.96 Å². The van der Waals surface area contributed by atoms with Gasteiger partial charge in [-0.3, -0.25) is 0 Å². The molecule has 2 rings (SSSR count). The molecule has 2 nitrogen and oxygen atoms in total. The molecule has 0 aliphatic heterocycles. The van der Waals surface area contributed by atoms with Crippen LogP contribution in [0, 0.1) is 14.9 Å². The molecule has 70 valence electrons. The highest BCUT2D eigenvalue weighted by molar-refractivity contribution is 14.1. The third kappa shape index (κ3) is 1.37. The fraction of sp³-hybridized carbons (Fsp3) is 0.100. The second kappa shape index (κ2) is 3.75. The van der Waals surface area contributed by atoms with Gasteiger partial charge < -0.3 is 4.74 Å². The van der Waals surface area contributed by atoms with Crippen LogP contribution in [0.15, 0.2) is 17.5 Å². The zero-order valence-electron chi connectivity index (χ0n) is 7.37. The Kier molecular flexibility index (Phi) is 2.61. The Morgan fingerprint density at radius 2 is 2.36 bits per heavy atom. The van der Waals surface area contributed by atoms with Crippen molar-refractivity contribution in [2.24, 2.45) is 0 Å². The summed E-state index contributed by atoms with van der Waals surface area (Å²) in [6.45, 7) is 0. The highest BCUT2D eigenvalue weighted by Crippen LogP contribution is 2.36. The average Bonchev–Trinajstić information content (AvgIpc) is 2.66. The first kappa shape index (κ1) is 9.74. The van der Waals surface area contributed by atoms with Crippen LogP contribution in [0.2, 0.25) is 0 Å². The third-order valence-corrected chi connectivity index (χ3v) is 4.13. The first-order valence-electron chi connectivity index (χ1n) is 3.91. The molecular formula is C10H6INOS. The number of thiophene rings is 1. The summed E-state index contributed by atoms with van der Waals surface area (Å²) < 4.78 is 7.53. The van der Waals surface area contributed by atoms with Gasteiger partial charge in [0.1, 0.15) is 11.8 Å². The van der Waals surface area contributed by atoms with Gasteiger partial charge in [0.15, 0.2) is 0 Å². The van der Waals surface area contributed by atoms with Crippen LogP contribution in [0.5, 0.6) is 5.75 Å². The van der Waals surface area contributed by atoms with Crippen LogP contribution < -0.4 is 4.74 Å². The van der Waals surface area contributed by atoms with Crippen molar-refractivity contribution in [3.05, 3.63) is 26.6 Å². The molecule has 14 heavy (non-hydrogen) atoms. The molecule has 1 aromatic heterocycles. The van der Waals surface area contributed by atoms with Gasteiger partial charge in [-0.2, -0.15) is 5.26 Å². The number of methoxy groups -OCH3 is 1. The highest BCUT2D eigenvalue weighted by atomic mass is 127. The normalized spacial score (nSPS) is 10.1. The van der Waals surface area contributed by atoms with Crippen molar-refractivity contribution in [3.63, 3.8) is 0 Å². The monoisotopic (exact) mass is 315 g/mol. The van der Waals surface area contributed by atoms with E-state index in [-0.39, 0.29) is 0 Å². The van der Waals surface area contributed by atoms with Gasteiger partial charge in [-0.05, 0) is 40.1 Å². The van der Waals surface area contributed by atoms with E-state index in [0.29, 0.717) is 11.3 Å². The van der Waals surface area contributed by atoms with Crippen LogP contribution in [0.25, 0.3) is 10.1 Å². The minimum Gasteiger partial charge on any atom is -0.495 e. The molecule has 0 spiro atoms. The fourth-order valence-electron chi connectivity index (χ4n) is 1.38. The number of fused-ring (bicyclic) bond motifs is 1. The molecule has 0 N–H and O–H groups in total. The number of nitrogens with zero attached hydrogens (tertiary/aromatic N) is 1. The molecule has 0 saturated heterocycles. The Bertz CT molecular complexity index is 527. The van der Waals surface area contributed by atoms with Gasteiger partial charge in [-0.1, -0.05) is 0 Å². The quantitative estimate of drug-likeness (QED) is 0.756. The van der Waals surface area contributed by atoms with Gasteiger partial charge >= 0.3 is 0 Å². The highest BCUT2D eigenvalue weighted by Gasteiger charge is 2.11. The average molecular weight is 315 g/mol. The number of hydrogen-bond acceptors (Lipinski definition) is 3. The van der Waals surface area contributed by atoms with Gasteiger partial charge in [0.25, 0.3) is 0 Å². The molecule has 0 bridgehead atoms. The minimum absolute atomic E-state index is 0.600. The van der Waals surface area contributed by atoms with E-state index in [1.807, 2.05) is 17.5 Å². The van der Waals surface area contributed by atoms with Crippen molar-refractivity contribution in [1.29, 1.82) is 5.26 Å². The molecule has 0 amide bonds. The maximum atomic E-state index is 8.94. The molecule has 1 heterocycles. The number of rotatable bonds is 1. The van der Waals surface area contributed by atoms with Crippen LogP contribution in [0.1, 0.15) is 5.56 Å². The Balaban J connectivity index is 2.90. The van der Waals surface area contributed by atoms with Crippen molar-refractivity contribution >= 4 is 44.0 Å². The van der Waals surface area contributed by atoms with Crippen molar-refractivity contribution in [1.82, 2.24) is 0 Å². The number of nitriles is 1. The van der Waals surface area contributed by atoms with E-state index < -0.39 is 0 Å². The van der Waals surface area contributed by atoms with E-state index in [9.17, 15) is 0 Å². The summed E-state index contributed by atoms with van der Waals surface area (Å²) in [5.74, 6) is 0.684. The van der Waals surface area contributed by atoms with Crippen LogP contribution in [-0.4, -0.2) is 7.11 Å². The van der Waals surface area contributed by atoms with Crippen molar-refractivity contribution in [3.8, 4) is 11.8 Å². The lowest BCUT2D eigenvalue weighted by Gasteiger charge is -2.05. The van der Waals surface area contributed by atoms with E-state index >= 15 is 0 Å². The topological polar surface area (TPSA) is 33.0 Å². The Morgan fingerprint density at radius 3 is 3.00 bits per heavy atom. The molecule has 0 unspecified atom stereocenters. The zero-order valence-corrected chi connectivity index (χ0v) is 10.3. The zero-order chi connectivity index (χ0) is 10.1. The second-order valence-corrected chi connectivity index (χ2v) is 4.79. The summed E-state index contributed by atoms with van der Waals surface area (Å²) in [5.41, 5.74) is 0.600. The predicted octanol–water partition coefficient (Wildman–Crippen LogP) is 3.39. The van der Waals surface area contributed by atoms with Gasteiger partial charge in [-0.15, -0.1) is 11.3 Å². The minimum atomic E-state index is 0.600. The van der Waals surface area contributed by atoms with E-state index in [4.69, 9.17) is 10.00 Å². The van der Waals surface area contributed by atoms with Crippen molar-refractivity contribution in [2.45, 2.75) is 0 Å². The summed E-state index contributed by atoms with van der Waals surface area (Å²) >= 11 is 3.91. The summed E-state index contributed by atoms with van der Waals surface area (Å²) in [5, 5.41) is 12.0. The van der Waals surface area contributed by atoms with E-state index in [1.54, 1.807) is 18.4 Å². The molecule has 1 aromatic carbocycles. The van der Waals surface area contributed by atoms with E-state index in [1.165, 1.54) is 4.70 Å². The lowest BCUT2D eigenvalue weighted by molar-refractivity contribution is 0.418. The summed E-state index contributed by atoms with van der Waals surface area (Å²) in [7, 11) is 1.60. The Labute approximate surface area is 99.3 Å². The smallest absolute Gasteiger partial charge is 0.145 e. The maximum absolute atomic E-state index is 8.94. The lowest BCUT2D eigenvalue weighted by atomic mass is 10.1. The standard InChI is InChI=1S/C10H6INOS/c1-13-9-6(5-12)4-8(11)10-7(9)2-3-14-10/h2-4H,1H3. The fourth-order valence-corrected chi connectivity index (χ4v) is 3.16. The predicted molar refractivity (Wildman–Crippen MR) is 65.8 cm³/mol. The summed E-state index contributed by atoms with van der Waals surface area (Å²) in [6, 6.07) is 5.99. The van der Waals surface area contributed by atoms with Crippen LogP contribution >= 0.6 is 33.9 Å². The van der Waals surface area contributed by atoms with Gasteiger partial charge in [0, 0.05) is 8.96 Å². The van der Waals surface area contributed by atoms with Crippen molar-refractivity contribution < 1.29 is 4.74 Å². The molecule has 2 aromatic rings. The van der Waals surface area contributed by atoms with Gasteiger partial charge in [-0.25, -0.2) is 0 Å². The first-order chi connectivity index (χ1) is 6.77. The molecule has 0 aliphatic rings. The van der Waals surface area contributed by atoms with Crippen LogP contribution in [0.4, 0.5) is 0 Å². The van der Waals surface area contributed by atoms with E-state index in [2.05, 4.69) is 28.7 Å². The summed E-state index contributed by atoms with van der Waals surface area (Å²) in [6.07, 6.45) is 0. The molecule has 0 radical (unpaired) electrons. The second-order valence-electron chi connectivity index (χ2n) is 2.71. The van der Waals surface area contributed by atoms with Crippen molar-refractivity contribution in [2.75, 3.05) is 7.11 Å². The SMILES string of the molecule is COc1c(C#N)cc(I)c2sccc12. The Hall–Kier alpha value is -0.800. The molecule has 0 fully saturated rings. The largest absolute Gasteiger partial charge is 0.495 e. The number of ether oxygens (including phenoxy) is 1. The lowest BCUT2D eigenvalue weighted by Crippen LogP contribution is -1.89. The number of hydrogen-bond donors (Lipinski definition) is 0. The number of halogens is 1. The third-order valence-electron chi connectivity index (χ3n) is 1.97. The molecule has 0 atom stereocenters. The van der Waals surface area contributed by atoms with Gasteiger partial charge in [0.05, 0.1) is 17.4 Å².